The zero-order valence-corrected chi connectivity index (χ0v) is 8.39. The predicted molar refractivity (Wildman–Crippen MR) is 52.3 cm³/mol. The molecule has 1 aliphatic heterocycles. The smallest absolute Gasteiger partial charge is 0.238 e. The minimum absolute atomic E-state index is 0.219. The number of likely N-dealkylation sites (N-methyl/N-ethyl adjacent to an activating group) is 1. The minimum atomic E-state index is -0.486. The standard InChI is InChI=1S/C9H19N3O/c1-3-7-6-12-5-4-9(7,11-2)8(10)13/h7,11-12H,3-6H2,1-2H3,(H2,10,13). The van der Waals surface area contributed by atoms with Gasteiger partial charge in [0.2, 0.25) is 5.91 Å². The van der Waals surface area contributed by atoms with Gasteiger partial charge < -0.3 is 16.4 Å². The van der Waals surface area contributed by atoms with E-state index < -0.39 is 5.54 Å². The molecule has 4 nitrogen and oxygen atoms in total. The molecule has 0 aliphatic carbocycles. The van der Waals surface area contributed by atoms with Gasteiger partial charge in [0, 0.05) is 6.54 Å². The summed E-state index contributed by atoms with van der Waals surface area (Å²) in [4.78, 5) is 11.4. The molecule has 1 saturated heterocycles. The van der Waals surface area contributed by atoms with Gasteiger partial charge in [0.25, 0.3) is 0 Å². The third-order valence-corrected chi connectivity index (χ3v) is 3.16. The Morgan fingerprint density at radius 3 is 2.85 bits per heavy atom. The largest absolute Gasteiger partial charge is 0.368 e. The number of primary amides is 1. The lowest BCUT2D eigenvalue weighted by molar-refractivity contribution is -0.127. The highest BCUT2D eigenvalue weighted by Crippen LogP contribution is 2.26. The summed E-state index contributed by atoms with van der Waals surface area (Å²) in [5, 5.41) is 6.39. The van der Waals surface area contributed by atoms with Gasteiger partial charge >= 0.3 is 0 Å². The van der Waals surface area contributed by atoms with Gasteiger partial charge in [-0.15, -0.1) is 0 Å². The van der Waals surface area contributed by atoms with Crippen molar-refractivity contribution in [1.82, 2.24) is 10.6 Å². The molecular formula is C9H19N3O. The number of amides is 1. The molecule has 1 amide bonds. The van der Waals surface area contributed by atoms with Crippen LogP contribution in [-0.4, -0.2) is 31.6 Å². The molecule has 1 fully saturated rings. The van der Waals surface area contributed by atoms with Crippen molar-refractivity contribution >= 4 is 5.91 Å². The zero-order chi connectivity index (χ0) is 9.90. The SMILES string of the molecule is CCC1CNCCC1(NC)C(N)=O. The van der Waals surface area contributed by atoms with Gasteiger partial charge in [-0.3, -0.25) is 4.79 Å². The van der Waals surface area contributed by atoms with Crippen molar-refractivity contribution in [1.29, 1.82) is 0 Å². The van der Waals surface area contributed by atoms with Gasteiger partial charge in [0.1, 0.15) is 5.54 Å². The molecule has 4 heteroatoms. The molecular weight excluding hydrogens is 166 g/mol. The lowest BCUT2D eigenvalue weighted by atomic mass is 9.76. The Morgan fingerprint density at radius 2 is 2.46 bits per heavy atom. The van der Waals surface area contributed by atoms with Gasteiger partial charge in [0.05, 0.1) is 0 Å². The first-order chi connectivity index (χ1) is 6.17. The summed E-state index contributed by atoms with van der Waals surface area (Å²) in [6, 6.07) is 0. The van der Waals surface area contributed by atoms with Crippen molar-refractivity contribution in [2.24, 2.45) is 11.7 Å². The number of carbonyl (C=O) groups excluding carboxylic acids is 1. The van der Waals surface area contributed by atoms with Gasteiger partial charge in [-0.05, 0) is 32.4 Å². The highest BCUT2D eigenvalue weighted by atomic mass is 16.1. The summed E-state index contributed by atoms with van der Waals surface area (Å²) in [5.74, 6) is 0.0899. The summed E-state index contributed by atoms with van der Waals surface area (Å²) < 4.78 is 0. The van der Waals surface area contributed by atoms with E-state index >= 15 is 0 Å². The Balaban J connectivity index is 2.84. The number of hydrogen-bond donors (Lipinski definition) is 3. The van der Waals surface area contributed by atoms with E-state index in [2.05, 4.69) is 17.6 Å². The normalized spacial score (nSPS) is 34.5. The maximum atomic E-state index is 11.4. The van der Waals surface area contributed by atoms with Crippen molar-refractivity contribution in [3.05, 3.63) is 0 Å². The first-order valence-electron chi connectivity index (χ1n) is 4.87. The molecule has 0 bridgehead atoms. The number of nitrogens with two attached hydrogens (primary N) is 1. The summed E-state index contributed by atoms with van der Waals surface area (Å²) >= 11 is 0. The lowest BCUT2D eigenvalue weighted by Crippen LogP contribution is -2.64. The predicted octanol–water partition coefficient (Wildman–Crippen LogP) is -0.551. The van der Waals surface area contributed by atoms with Crippen LogP contribution in [0.2, 0.25) is 0 Å². The summed E-state index contributed by atoms with van der Waals surface area (Å²) in [5.41, 5.74) is 4.96. The second kappa shape index (κ2) is 4.07. The van der Waals surface area contributed by atoms with E-state index in [9.17, 15) is 4.79 Å². The molecule has 76 valence electrons. The molecule has 2 unspecified atom stereocenters. The van der Waals surface area contributed by atoms with E-state index in [1.165, 1.54) is 0 Å². The minimum Gasteiger partial charge on any atom is -0.368 e. The Bertz CT molecular complexity index is 195. The van der Waals surface area contributed by atoms with Crippen LogP contribution in [0.25, 0.3) is 0 Å². The van der Waals surface area contributed by atoms with Crippen LogP contribution in [0.1, 0.15) is 19.8 Å². The number of hydrogen-bond acceptors (Lipinski definition) is 3. The van der Waals surface area contributed by atoms with Crippen molar-refractivity contribution in [2.45, 2.75) is 25.3 Å². The highest BCUT2D eigenvalue weighted by molar-refractivity contribution is 5.85. The van der Waals surface area contributed by atoms with Gasteiger partial charge in [-0.2, -0.15) is 0 Å². The van der Waals surface area contributed by atoms with E-state index in [1.54, 1.807) is 0 Å². The Hall–Kier alpha value is -0.610. The van der Waals surface area contributed by atoms with Crippen LogP contribution in [0.4, 0.5) is 0 Å². The molecule has 0 aromatic rings. The molecule has 0 radical (unpaired) electrons. The monoisotopic (exact) mass is 185 g/mol. The lowest BCUT2D eigenvalue weighted by Gasteiger charge is -2.41. The summed E-state index contributed by atoms with van der Waals surface area (Å²) in [6.45, 7) is 3.83. The molecule has 0 saturated carbocycles. The molecule has 0 spiro atoms. The van der Waals surface area contributed by atoms with Crippen molar-refractivity contribution in [3.63, 3.8) is 0 Å². The van der Waals surface area contributed by atoms with E-state index in [1.807, 2.05) is 7.05 Å². The third kappa shape index (κ3) is 1.69. The van der Waals surface area contributed by atoms with E-state index in [0.29, 0.717) is 5.92 Å². The fraction of sp³-hybridized carbons (Fsp3) is 0.889. The molecule has 0 aromatic carbocycles. The highest BCUT2D eigenvalue weighted by Gasteiger charge is 2.43. The topological polar surface area (TPSA) is 67.2 Å². The van der Waals surface area contributed by atoms with Crippen LogP contribution in [0.15, 0.2) is 0 Å². The fourth-order valence-corrected chi connectivity index (χ4v) is 2.21. The summed E-state index contributed by atoms with van der Waals surface area (Å²) in [7, 11) is 1.82. The van der Waals surface area contributed by atoms with E-state index in [4.69, 9.17) is 5.73 Å². The van der Waals surface area contributed by atoms with Gasteiger partial charge in [0.15, 0.2) is 0 Å². The molecule has 1 aliphatic rings. The van der Waals surface area contributed by atoms with Crippen molar-refractivity contribution in [3.8, 4) is 0 Å². The average Bonchev–Trinajstić information content (AvgIpc) is 2.17. The maximum absolute atomic E-state index is 11.4. The molecule has 13 heavy (non-hydrogen) atoms. The first kappa shape index (κ1) is 10.5. The third-order valence-electron chi connectivity index (χ3n) is 3.16. The number of nitrogens with one attached hydrogen (secondary N) is 2. The average molecular weight is 185 g/mol. The summed E-state index contributed by atoms with van der Waals surface area (Å²) in [6.07, 6.45) is 1.76. The van der Waals surface area contributed by atoms with Gasteiger partial charge in [-0.25, -0.2) is 0 Å². The number of piperidine rings is 1. The second-order valence-electron chi connectivity index (χ2n) is 3.64. The molecule has 4 N–H and O–H groups in total. The van der Waals surface area contributed by atoms with Crippen LogP contribution in [0.5, 0.6) is 0 Å². The Morgan fingerprint density at radius 1 is 1.77 bits per heavy atom. The second-order valence-corrected chi connectivity index (χ2v) is 3.64. The van der Waals surface area contributed by atoms with Crippen LogP contribution in [0.3, 0.4) is 0 Å². The zero-order valence-electron chi connectivity index (χ0n) is 8.39. The number of carbonyl (C=O) groups is 1. The molecule has 0 aromatic heterocycles. The van der Waals surface area contributed by atoms with Crippen LogP contribution in [-0.2, 0) is 4.79 Å². The maximum Gasteiger partial charge on any atom is 0.238 e. The van der Waals surface area contributed by atoms with E-state index in [-0.39, 0.29) is 5.91 Å². The Kier molecular flexibility index (Phi) is 3.27. The van der Waals surface area contributed by atoms with E-state index in [0.717, 1.165) is 25.9 Å². The molecule has 1 rings (SSSR count). The van der Waals surface area contributed by atoms with Crippen molar-refractivity contribution in [2.75, 3.05) is 20.1 Å². The fourth-order valence-electron chi connectivity index (χ4n) is 2.21. The molecule has 1 heterocycles. The van der Waals surface area contributed by atoms with Crippen molar-refractivity contribution < 1.29 is 4.79 Å². The van der Waals surface area contributed by atoms with Crippen LogP contribution in [0, 0.1) is 5.92 Å². The quantitative estimate of drug-likeness (QED) is 0.552. The first-order valence-corrected chi connectivity index (χ1v) is 4.87. The molecule has 2 atom stereocenters. The van der Waals surface area contributed by atoms with Crippen LogP contribution >= 0.6 is 0 Å². The van der Waals surface area contributed by atoms with Gasteiger partial charge in [-0.1, -0.05) is 6.92 Å². The van der Waals surface area contributed by atoms with Crippen LogP contribution < -0.4 is 16.4 Å². The number of rotatable bonds is 3. The Labute approximate surface area is 79.3 Å².